The molecule has 0 bridgehead atoms. The van der Waals surface area contributed by atoms with Gasteiger partial charge in [-0.2, -0.15) is 0 Å². The van der Waals surface area contributed by atoms with Crippen LogP contribution in [-0.4, -0.2) is 17.6 Å². The van der Waals surface area contributed by atoms with E-state index in [0.29, 0.717) is 23.5 Å². The Morgan fingerprint density at radius 2 is 1.90 bits per heavy atom. The predicted octanol–water partition coefficient (Wildman–Crippen LogP) is 5.25. The van der Waals surface area contributed by atoms with Gasteiger partial charge in [0.15, 0.2) is 11.5 Å². The average molecular weight is 469 g/mol. The highest BCUT2D eigenvalue weighted by Gasteiger charge is 2.29. The molecule has 0 aliphatic carbocycles. The second-order valence-electron chi connectivity index (χ2n) is 7.23. The molecule has 0 saturated heterocycles. The first kappa shape index (κ1) is 19.1. The van der Waals surface area contributed by atoms with Gasteiger partial charge < -0.3 is 14.6 Å². The molecule has 3 aromatic rings. The number of benzene rings is 3. The molecule has 152 valence electrons. The third-order valence-corrected chi connectivity index (χ3v) is 5.77. The minimum absolute atomic E-state index is 0.195. The molecule has 5 rings (SSSR count). The van der Waals surface area contributed by atoms with Crippen LogP contribution in [-0.2, 0) is 0 Å². The number of phenolic OH excluding ortho intramolecular Hbond substituents is 1. The van der Waals surface area contributed by atoms with Crippen molar-refractivity contribution in [2.24, 2.45) is 4.99 Å². The minimum atomic E-state index is -0.460. The highest BCUT2D eigenvalue weighted by atomic mass is 79.9. The number of hydrogen-bond acceptors (Lipinski definition) is 5. The van der Waals surface area contributed by atoms with Gasteiger partial charge in [-0.3, -0.25) is 10.3 Å². The summed E-state index contributed by atoms with van der Waals surface area (Å²) in [5.41, 5.74) is 3.21. The number of hydrogen-bond donors (Lipinski definition) is 2. The van der Waals surface area contributed by atoms with Crippen molar-refractivity contribution in [2.75, 3.05) is 6.79 Å². The Morgan fingerprint density at radius 3 is 2.77 bits per heavy atom. The van der Waals surface area contributed by atoms with E-state index in [0.717, 1.165) is 21.3 Å². The Labute approximate surface area is 181 Å². The van der Waals surface area contributed by atoms with Crippen molar-refractivity contribution in [3.05, 3.63) is 87.6 Å². The molecule has 30 heavy (non-hydrogen) atoms. The molecule has 7 heteroatoms. The van der Waals surface area contributed by atoms with Crippen LogP contribution in [0.25, 0.3) is 0 Å². The molecular formula is C23H18BrFN2O3. The van der Waals surface area contributed by atoms with Gasteiger partial charge in [0.25, 0.3) is 0 Å². The van der Waals surface area contributed by atoms with E-state index in [2.05, 4.69) is 21.2 Å². The standard InChI is InChI=1S/C23H18BrFN2O3/c24-15-5-6-20(28)17(10-15)19-11-18(13-4-7-21-22(9-13)30-12-29-21)26-23(27-19)14-2-1-3-16(25)8-14/h1-10,19,23,27-28H,11-12H2. The van der Waals surface area contributed by atoms with Gasteiger partial charge in [-0.15, -0.1) is 0 Å². The van der Waals surface area contributed by atoms with Gasteiger partial charge in [0.1, 0.15) is 17.7 Å². The summed E-state index contributed by atoms with van der Waals surface area (Å²) in [6, 6.07) is 17.2. The summed E-state index contributed by atoms with van der Waals surface area (Å²) in [6.45, 7) is 0.202. The molecule has 3 aromatic carbocycles. The lowest BCUT2D eigenvalue weighted by Crippen LogP contribution is -2.33. The van der Waals surface area contributed by atoms with E-state index in [-0.39, 0.29) is 24.4 Å². The lowest BCUT2D eigenvalue weighted by Gasteiger charge is -2.31. The molecule has 2 heterocycles. The fourth-order valence-corrected chi connectivity index (χ4v) is 4.19. The normalized spacial score (nSPS) is 20.1. The minimum Gasteiger partial charge on any atom is -0.508 e. The lowest BCUT2D eigenvalue weighted by molar-refractivity contribution is 0.174. The van der Waals surface area contributed by atoms with Gasteiger partial charge in [-0.05, 0) is 59.7 Å². The van der Waals surface area contributed by atoms with E-state index in [1.165, 1.54) is 12.1 Å². The quantitative estimate of drug-likeness (QED) is 0.551. The smallest absolute Gasteiger partial charge is 0.231 e. The maximum atomic E-state index is 13.9. The van der Waals surface area contributed by atoms with Crippen molar-refractivity contribution in [2.45, 2.75) is 18.6 Å². The maximum absolute atomic E-state index is 13.9. The van der Waals surface area contributed by atoms with E-state index in [1.54, 1.807) is 18.2 Å². The first-order chi connectivity index (χ1) is 14.6. The molecule has 2 aliphatic rings. The van der Waals surface area contributed by atoms with E-state index in [1.807, 2.05) is 30.3 Å². The monoisotopic (exact) mass is 468 g/mol. The van der Waals surface area contributed by atoms with Crippen LogP contribution in [0.1, 0.15) is 35.3 Å². The number of fused-ring (bicyclic) bond motifs is 1. The Balaban J connectivity index is 1.58. The van der Waals surface area contributed by atoms with Crippen molar-refractivity contribution in [1.82, 2.24) is 5.32 Å². The van der Waals surface area contributed by atoms with Gasteiger partial charge in [-0.25, -0.2) is 4.39 Å². The van der Waals surface area contributed by atoms with Crippen molar-refractivity contribution in [3.63, 3.8) is 0 Å². The highest BCUT2D eigenvalue weighted by Crippen LogP contribution is 2.38. The Kier molecular flexibility index (Phi) is 4.92. The summed E-state index contributed by atoms with van der Waals surface area (Å²) in [6.07, 6.45) is 0.0911. The number of nitrogens with zero attached hydrogens (tertiary/aromatic N) is 1. The van der Waals surface area contributed by atoms with Crippen LogP contribution in [0.2, 0.25) is 0 Å². The first-order valence-electron chi connectivity index (χ1n) is 9.53. The van der Waals surface area contributed by atoms with Crippen molar-refractivity contribution < 1.29 is 19.0 Å². The van der Waals surface area contributed by atoms with E-state index >= 15 is 0 Å². The van der Waals surface area contributed by atoms with Gasteiger partial charge in [0, 0.05) is 28.2 Å². The highest BCUT2D eigenvalue weighted by molar-refractivity contribution is 9.10. The Hall–Kier alpha value is -2.90. The molecule has 0 aromatic heterocycles. The van der Waals surface area contributed by atoms with E-state index in [4.69, 9.17) is 14.5 Å². The third-order valence-electron chi connectivity index (χ3n) is 5.28. The zero-order valence-electron chi connectivity index (χ0n) is 15.8. The van der Waals surface area contributed by atoms with Gasteiger partial charge in [0.2, 0.25) is 6.79 Å². The van der Waals surface area contributed by atoms with Crippen LogP contribution in [0.4, 0.5) is 4.39 Å². The number of ether oxygens (including phenoxy) is 2. The average Bonchev–Trinajstić information content (AvgIpc) is 3.23. The molecule has 0 spiro atoms. The van der Waals surface area contributed by atoms with Crippen molar-refractivity contribution in [3.8, 4) is 17.2 Å². The second-order valence-corrected chi connectivity index (χ2v) is 8.14. The molecule has 0 amide bonds. The van der Waals surface area contributed by atoms with Crippen molar-refractivity contribution >= 4 is 21.6 Å². The molecule has 2 atom stereocenters. The van der Waals surface area contributed by atoms with Gasteiger partial charge in [-0.1, -0.05) is 28.1 Å². The number of halogens is 2. The zero-order valence-corrected chi connectivity index (χ0v) is 17.4. The number of rotatable bonds is 3. The van der Waals surface area contributed by atoms with Crippen LogP contribution in [0.3, 0.4) is 0 Å². The van der Waals surface area contributed by atoms with Gasteiger partial charge in [0.05, 0.1) is 0 Å². The van der Waals surface area contributed by atoms with Crippen LogP contribution >= 0.6 is 15.9 Å². The van der Waals surface area contributed by atoms with Crippen LogP contribution in [0, 0.1) is 5.82 Å². The molecule has 0 fully saturated rings. The Bertz CT molecular complexity index is 1150. The molecule has 0 saturated carbocycles. The number of nitrogens with one attached hydrogen (secondary N) is 1. The predicted molar refractivity (Wildman–Crippen MR) is 115 cm³/mol. The number of phenols is 1. The van der Waals surface area contributed by atoms with Gasteiger partial charge >= 0.3 is 0 Å². The lowest BCUT2D eigenvalue weighted by atomic mass is 9.93. The molecule has 0 radical (unpaired) electrons. The molecular weight excluding hydrogens is 451 g/mol. The Morgan fingerprint density at radius 1 is 1.03 bits per heavy atom. The number of aliphatic imine (C=N–C) groups is 1. The van der Waals surface area contributed by atoms with Crippen molar-refractivity contribution in [1.29, 1.82) is 0 Å². The number of aromatic hydroxyl groups is 1. The van der Waals surface area contributed by atoms with Crippen LogP contribution in [0.15, 0.2) is 70.1 Å². The SMILES string of the molecule is Oc1ccc(Br)cc1C1CC(c2ccc3c(c2)OCO3)=NC(c2cccc(F)c2)N1. The molecule has 2 unspecified atom stereocenters. The second kappa shape index (κ2) is 7.74. The molecule has 2 aliphatic heterocycles. The largest absolute Gasteiger partial charge is 0.508 e. The summed E-state index contributed by atoms with van der Waals surface area (Å²) in [5.74, 6) is 1.26. The van der Waals surface area contributed by atoms with Crippen LogP contribution in [0.5, 0.6) is 17.2 Å². The summed E-state index contributed by atoms with van der Waals surface area (Å²) < 4.78 is 25.7. The fourth-order valence-electron chi connectivity index (χ4n) is 3.81. The zero-order chi connectivity index (χ0) is 20.7. The summed E-state index contributed by atoms with van der Waals surface area (Å²) >= 11 is 3.48. The fraction of sp³-hybridized carbons (Fsp3) is 0.174. The van der Waals surface area contributed by atoms with Crippen LogP contribution < -0.4 is 14.8 Å². The van der Waals surface area contributed by atoms with E-state index < -0.39 is 6.17 Å². The summed E-state index contributed by atoms with van der Waals surface area (Å²) in [4.78, 5) is 4.87. The van der Waals surface area contributed by atoms with E-state index in [9.17, 15) is 9.50 Å². The first-order valence-corrected chi connectivity index (χ1v) is 10.3. The molecule has 2 N–H and O–H groups in total. The topological polar surface area (TPSA) is 63.1 Å². The summed E-state index contributed by atoms with van der Waals surface area (Å²) in [5, 5.41) is 13.9. The maximum Gasteiger partial charge on any atom is 0.231 e. The third kappa shape index (κ3) is 3.66. The molecule has 5 nitrogen and oxygen atoms in total. The summed E-state index contributed by atoms with van der Waals surface area (Å²) in [7, 11) is 0.